The number of hydrogen-bond donors (Lipinski definition) is 1. The van der Waals surface area contributed by atoms with Crippen molar-refractivity contribution in [3.05, 3.63) is 62.9 Å². The van der Waals surface area contributed by atoms with Crippen LogP contribution in [0.5, 0.6) is 0 Å². The van der Waals surface area contributed by atoms with E-state index in [2.05, 4.69) is 4.98 Å². The van der Waals surface area contributed by atoms with Gasteiger partial charge < -0.3 is 5.73 Å². The van der Waals surface area contributed by atoms with Gasteiger partial charge in [0.15, 0.2) is 0 Å². The minimum Gasteiger partial charge on any atom is -0.324 e. The van der Waals surface area contributed by atoms with E-state index in [0.29, 0.717) is 21.6 Å². The molecule has 0 fully saturated rings. The molecule has 1 atom stereocenters. The molecule has 0 saturated carbocycles. The van der Waals surface area contributed by atoms with Crippen LogP contribution in [0.2, 0.25) is 15.2 Å². The summed E-state index contributed by atoms with van der Waals surface area (Å²) in [6.45, 7) is 0. The second-order valence-electron chi connectivity index (χ2n) is 3.97. The fraction of sp³-hybridized carbons (Fsp3) is 0.154. The first-order chi connectivity index (χ1) is 8.56. The number of benzene rings is 1. The van der Waals surface area contributed by atoms with Crippen molar-refractivity contribution in [3.63, 3.8) is 0 Å². The van der Waals surface area contributed by atoms with Gasteiger partial charge in [-0.2, -0.15) is 0 Å². The predicted octanol–water partition coefficient (Wildman–Crippen LogP) is 4.28. The van der Waals surface area contributed by atoms with E-state index in [1.165, 1.54) is 0 Å². The summed E-state index contributed by atoms with van der Waals surface area (Å²) >= 11 is 17.6. The maximum Gasteiger partial charge on any atom is 0.129 e. The molecule has 0 saturated heterocycles. The molecule has 2 N–H and O–H groups in total. The molecule has 2 aromatic rings. The lowest BCUT2D eigenvalue weighted by Crippen LogP contribution is -2.13. The lowest BCUT2D eigenvalue weighted by Gasteiger charge is -2.12. The Morgan fingerprint density at radius 1 is 1.06 bits per heavy atom. The minimum atomic E-state index is -0.146. The fourth-order valence-electron chi connectivity index (χ4n) is 1.64. The van der Waals surface area contributed by atoms with Gasteiger partial charge >= 0.3 is 0 Å². The third-order valence-electron chi connectivity index (χ3n) is 2.62. The zero-order chi connectivity index (χ0) is 13.1. The van der Waals surface area contributed by atoms with Crippen LogP contribution in [0, 0.1) is 0 Å². The Balaban J connectivity index is 2.13. The largest absolute Gasteiger partial charge is 0.324 e. The molecular weight excluding hydrogens is 291 g/mol. The van der Waals surface area contributed by atoms with E-state index in [1.807, 2.05) is 18.2 Å². The highest BCUT2D eigenvalue weighted by atomic mass is 35.5. The Labute approximate surface area is 121 Å². The average Bonchev–Trinajstić information content (AvgIpc) is 2.34. The number of hydrogen-bond acceptors (Lipinski definition) is 2. The van der Waals surface area contributed by atoms with E-state index in [9.17, 15) is 0 Å². The van der Waals surface area contributed by atoms with Crippen molar-refractivity contribution in [2.75, 3.05) is 0 Å². The Morgan fingerprint density at radius 3 is 2.44 bits per heavy atom. The van der Waals surface area contributed by atoms with Gasteiger partial charge in [0.1, 0.15) is 5.15 Å². The van der Waals surface area contributed by atoms with Crippen molar-refractivity contribution in [3.8, 4) is 0 Å². The first-order valence-corrected chi connectivity index (χ1v) is 6.50. The number of pyridine rings is 1. The van der Waals surface area contributed by atoms with Gasteiger partial charge in [0.25, 0.3) is 0 Å². The third-order valence-corrected chi connectivity index (χ3v) is 3.58. The maximum atomic E-state index is 6.11. The van der Waals surface area contributed by atoms with Crippen molar-refractivity contribution < 1.29 is 0 Å². The highest BCUT2D eigenvalue weighted by Gasteiger charge is 2.09. The smallest absolute Gasteiger partial charge is 0.129 e. The third kappa shape index (κ3) is 3.36. The summed E-state index contributed by atoms with van der Waals surface area (Å²) in [6.07, 6.45) is 2.35. The second-order valence-corrected chi connectivity index (χ2v) is 5.17. The van der Waals surface area contributed by atoms with Crippen LogP contribution in [0.1, 0.15) is 17.2 Å². The van der Waals surface area contributed by atoms with Gasteiger partial charge in [0.2, 0.25) is 0 Å². The highest BCUT2D eigenvalue weighted by molar-refractivity contribution is 6.42. The van der Waals surface area contributed by atoms with Crippen LogP contribution in [-0.4, -0.2) is 4.98 Å². The molecule has 18 heavy (non-hydrogen) atoms. The summed E-state index contributed by atoms with van der Waals surface area (Å²) in [5.41, 5.74) is 8.08. The molecular formula is C13H11Cl3N2. The van der Waals surface area contributed by atoms with Gasteiger partial charge in [-0.3, -0.25) is 0 Å². The molecule has 0 bridgehead atoms. The van der Waals surface area contributed by atoms with Crippen molar-refractivity contribution >= 4 is 34.8 Å². The minimum absolute atomic E-state index is 0.146. The summed E-state index contributed by atoms with van der Waals surface area (Å²) in [7, 11) is 0. The molecule has 1 aromatic carbocycles. The molecule has 0 aliphatic heterocycles. The molecule has 2 nitrogen and oxygen atoms in total. The van der Waals surface area contributed by atoms with E-state index >= 15 is 0 Å². The fourth-order valence-corrected chi connectivity index (χ4v) is 2.08. The normalized spacial score (nSPS) is 12.4. The van der Waals surface area contributed by atoms with Crippen LogP contribution in [0.4, 0.5) is 0 Å². The molecule has 1 unspecified atom stereocenters. The first kappa shape index (κ1) is 13.6. The summed E-state index contributed by atoms with van der Waals surface area (Å²) < 4.78 is 0. The van der Waals surface area contributed by atoms with Gasteiger partial charge in [-0.05, 0) is 35.7 Å². The molecule has 1 heterocycles. The molecule has 5 heteroatoms. The monoisotopic (exact) mass is 300 g/mol. The summed E-state index contributed by atoms with van der Waals surface area (Å²) in [4.78, 5) is 4.01. The molecule has 0 spiro atoms. The summed E-state index contributed by atoms with van der Waals surface area (Å²) in [5, 5.41) is 1.54. The lowest BCUT2D eigenvalue weighted by atomic mass is 10.0. The number of aromatic nitrogens is 1. The molecule has 0 aliphatic rings. The number of rotatable bonds is 3. The van der Waals surface area contributed by atoms with Crippen molar-refractivity contribution in [1.82, 2.24) is 4.98 Å². The van der Waals surface area contributed by atoms with Gasteiger partial charge in [-0.15, -0.1) is 0 Å². The van der Waals surface area contributed by atoms with Crippen molar-refractivity contribution in [1.29, 1.82) is 0 Å². The van der Waals surface area contributed by atoms with Crippen LogP contribution in [0.25, 0.3) is 0 Å². The summed E-state index contributed by atoms with van der Waals surface area (Å²) in [6, 6.07) is 8.96. The van der Waals surface area contributed by atoms with Crippen LogP contribution >= 0.6 is 34.8 Å². The van der Waals surface area contributed by atoms with Gasteiger partial charge in [0.05, 0.1) is 10.0 Å². The molecule has 2 rings (SSSR count). The van der Waals surface area contributed by atoms with Gasteiger partial charge in [-0.25, -0.2) is 4.98 Å². The topological polar surface area (TPSA) is 38.9 Å². The quantitative estimate of drug-likeness (QED) is 0.859. The zero-order valence-corrected chi connectivity index (χ0v) is 11.7. The van der Waals surface area contributed by atoms with E-state index in [4.69, 9.17) is 40.5 Å². The van der Waals surface area contributed by atoms with E-state index < -0.39 is 0 Å². The van der Waals surface area contributed by atoms with E-state index in [-0.39, 0.29) is 6.04 Å². The highest BCUT2D eigenvalue weighted by Crippen LogP contribution is 2.25. The Morgan fingerprint density at radius 2 is 1.83 bits per heavy atom. The summed E-state index contributed by atoms with van der Waals surface area (Å²) in [5.74, 6) is 0. The molecule has 0 aliphatic carbocycles. The molecule has 94 valence electrons. The molecule has 0 amide bonds. The van der Waals surface area contributed by atoms with Crippen molar-refractivity contribution in [2.45, 2.75) is 12.5 Å². The van der Waals surface area contributed by atoms with Gasteiger partial charge in [0, 0.05) is 12.2 Å². The molecule has 1 aromatic heterocycles. The van der Waals surface area contributed by atoms with Crippen LogP contribution in [0.3, 0.4) is 0 Å². The zero-order valence-electron chi connectivity index (χ0n) is 9.41. The SMILES string of the molecule is NC(Cc1ccc(Cl)c(Cl)c1)c1ccc(Cl)nc1. The number of nitrogens with two attached hydrogens (primary N) is 1. The van der Waals surface area contributed by atoms with Crippen LogP contribution < -0.4 is 5.73 Å². The first-order valence-electron chi connectivity index (χ1n) is 5.37. The number of nitrogens with zero attached hydrogens (tertiary/aromatic N) is 1. The Hall–Kier alpha value is -0.800. The van der Waals surface area contributed by atoms with E-state index in [0.717, 1.165) is 11.1 Å². The maximum absolute atomic E-state index is 6.11. The Bertz CT molecular complexity index is 540. The Kier molecular flexibility index (Phi) is 4.46. The van der Waals surface area contributed by atoms with Crippen molar-refractivity contribution in [2.24, 2.45) is 5.73 Å². The predicted molar refractivity (Wildman–Crippen MR) is 76.3 cm³/mol. The van der Waals surface area contributed by atoms with Crippen LogP contribution in [-0.2, 0) is 6.42 Å². The standard InChI is InChI=1S/C13H11Cl3N2/c14-10-3-1-8(5-11(10)15)6-12(17)9-2-4-13(16)18-7-9/h1-5,7,12H,6,17H2. The second kappa shape index (κ2) is 5.89. The van der Waals surface area contributed by atoms with Gasteiger partial charge in [-0.1, -0.05) is 46.9 Å². The number of halogens is 3. The average molecular weight is 302 g/mol. The lowest BCUT2D eigenvalue weighted by molar-refractivity contribution is 0.718. The van der Waals surface area contributed by atoms with E-state index in [1.54, 1.807) is 18.3 Å². The molecule has 0 radical (unpaired) electrons. The van der Waals surface area contributed by atoms with Crippen LogP contribution in [0.15, 0.2) is 36.5 Å².